The van der Waals surface area contributed by atoms with E-state index in [1.54, 1.807) is 0 Å². The molecule has 3 aromatic rings. The summed E-state index contributed by atoms with van der Waals surface area (Å²) in [5.74, 6) is -0.298. The third kappa shape index (κ3) is 2.61. The van der Waals surface area contributed by atoms with Gasteiger partial charge in [-0.1, -0.05) is 25.1 Å². The number of fused-ring (bicyclic) bond motifs is 1. The van der Waals surface area contributed by atoms with Crippen LogP contribution < -0.4 is 5.32 Å². The van der Waals surface area contributed by atoms with Crippen molar-refractivity contribution in [3.8, 4) is 0 Å². The van der Waals surface area contributed by atoms with Gasteiger partial charge in [0.1, 0.15) is 23.0 Å². The number of aryl methyl sites for hydroxylation is 1. The maximum absolute atomic E-state index is 13.6. The van der Waals surface area contributed by atoms with Crippen molar-refractivity contribution in [2.75, 3.05) is 5.32 Å². The maximum atomic E-state index is 13.6. The number of nitrogens with one attached hydrogen (secondary N) is 1. The molecule has 0 aliphatic rings. The zero-order chi connectivity index (χ0) is 14.8. The maximum Gasteiger partial charge on any atom is 0.149 e. The molecule has 1 heterocycles. The second-order valence-electron chi connectivity index (χ2n) is 4.83. The Labute approximate surface area is 121 Å². The van der Waals surface area contributed by atoms with Gasteiger partial charge in [-0.2, -0.15) is 0 Å². The lowest BCUT2D eigenvalue weighted by atomic mass is 10.1. The Bertz CT molecular complexity index is 780. The minimum absolute atomic E-state index is 0.281. The quantitative estimate of drug-likeness (QED) is 0.739. The monoisotopic (exact) mass is 287 g/mol. The van der Waals surface area contributed by atoms with Crippen LogP contribution >= 0.6 is 0 Å². The fourth-order valence-corrected chi connectivity index (χ4v) is 2.45. The number of para-hydroxylation sites is 1. The summed E-state index contributed by atoms with van der Waals surface area (Å²) in [6.07, 6.45) is 0.762. The number of anilines is 1. The Morgan fingerprint density at radius 2 is 1.90 bits per heavy atom. The largest absolute Gasteiger partial charge is 0.461 e. The molecule has 1 N–H and O–H groups in total. The van der Waals surface area contributed by atoms with Crippen LogP contribution in [0.5, 0.6) is 0 Å². The minimum atomic E-state index is -0.596. The molecule has 108 valence electrons. The first-order valence-corrected chi connectivity index (χ1v) is 6.87. The summed E-state index contributed by atoms with van der Waals surface area (Å²) in [5, 5.41) is 4.03. The molecule has 2 nitrogen and oxygen atoms in total. The van der Waals surface area contributed by atoms with Crippen molar-refractivity contribution in [3.63, 3.8) is 0 Å². The average molecular weight is 287 g/mol. The Kier molecular flexibility index (Phi) is 3.60. The summed E-state index contributed by atoms with van der Waals surface area (Å²) >= 11 is 0. The van der Waals surface area contributed by atoms with Gasteiger partial charge in [0.2, 0.25) is 0 Å². The van der Waals surface area contributed by atoms with E-state index < -0.39 is 11.6 Å². The van der Waals surface area contributed by atoms with E-state index in [1.165, 1.54) is 12.1 Å². The van der Waals surface area contributed by atoms with E-state index in [0.29, 0.717) is 6.54 Å². The predicted octanol–water partition coefficient (Wildman–Crippen LogP) is 4.89. The fourth-order valence-electron chi connectivity index (χ4n) is 2.45. The molecule has 3 rings (SSSR count). The molecule has 4 heteroatoms. The third-order valence-electron chi connectivity index (χ3n) is 3.49. The smallest absolute Gasteiger partial charge is 0.149 e. The van der Waals surface area contributed by atoms with Crippen LogP contribution in [0.25, 0.3) is 11.0 Å². The topological polar surface area (TPSA) is 25.2 Å². The first-order valence-electron chi connectivity index (χ1n) is 6.87. The summed E-state index contributed by atoms with van der Waals surface area (Å²) in [6, 6.07) is 11.3. The highest BCUT2D eigenvalue weighted by molar-refractivity contribution is 5.82. The van der Waals surface area contributed by atoms with Gasteiger partial charge >= 0.3 is 0 Å². The highest BCUT2D eigenvalue weighted by atomic mass is 19.1. The highest BCUT2D eigenvalue weighted by Crippen LogP contribution is 2.27. The second kappa shape index (κ2) is 5.56. The number of furan rings is 1. The number of halogens is 2. The van der Waals surface area contributed by atoms with E-state index in [-0.39, 0.29) is 5.69 Å². The molecule has 0 atom stereocenters. The van der Waals surface area contributed by atoms with Crippen molar-refractivity contribution < 1.29 is 13.2 Å². The molecule has 0 saturated carbocycles. The van der Waals surface area contributed by atoms with Crippen LogP contribution in [0.3, 0.4) is 0 Å². The minimum Gasteiger partial charge on any atom is -0.461 e. The molecule has 1 aromatic heterocycles. The van der Waals surface area contributed by atoms with Crippen LogP contribution in [0.15, 0.2) is 46.9 Å². The summed E-state index contributed by atoms with van der Waals surface area (Å²) < 4.78 is 32.3. The number of benzene rings is 2. The number of hydrogen-bond donors (Lipinski definition) is 1. The third-order valence-corrected chi connectivity index (χ3v) is 3.49. The Morgan fingerprint density at radius 1 is 1.10 bits per heavy atom. The van der Waals surface area contributed by atoms with E-state index in [4.69, 9.17) is 4.42 Å². The second-order valence-corrected chi connectivity index (χ2v) is 4.83. The van der Waals surface area contributed by atoms with Gasteiger partial charge in [-0.05, 0) is 18.2 Å². The van der Waals surface area contributed by atoms with E-state index in [9.17, 15) is 8.78 Å². The number of hydrogen-bond acceptors (Lipinski definition) is 2. The molecule has 0 amide bonds. The Morgan fingerprint density at radius 3 is 2.67 bits per heavy atom. The van der Waals surface area contributed by atoms with Crippen molar-refractivity contribution in [1.29, 1.82) is 0 Å². The first-order chi connectivity index (χ1) is 10.2. The molecule has 0 aliphatic heterocycles. The summed E-state index contributed by atoms with van der Waals surface area (Å²) in [6.45, 7) is 2.45. The van der Waals surface area contributed by atoms with Gasteiger partial charge < -0.3 is 9.73 Å². The van der Waals surface area contributed by atoms with Crippen LogP contribution in [0.2, 0.25) is 0 Å². The van der Waals surface area contributed by atoms with Crippen LogP contribution in [-0.4, -0.2) is 0 Å². The van der Waals surface area contributed by atoms with Gasteiger partial charge in [0.15, 0.2) is 0 Å². The normalized spacial score (nSPS) is 11.0. The SMILES string of the molecule is CCc1oc2ccccc2c1CNc1ccc(F)cc1F. The van der Waals surface area contributed by atoms with E-state index in [1.807, 2.05) is 31.2 Å². The lowest BCUT2D eigenvalue weighted by Crippen LogP contribution is -2.03. The highest BCUT2D eigenvalue weighted by Gasteiger charge is 2.13. The molecule has 0 saturated heterocycles. The predicted molar refractivity (Wildman–Crippen MR) is 79.3 cm³/mol. The molecule has 0 aliphatic carbocycles. The lowest BCUT2D eigenvalue weighted by molar-refractivity contribution is 0.551. The van der Waals surface area contributed by atoms with Crippen molar-refractivity contribution in [2.24, 2.45) is 0 Å². The molecule has 21 heavy (non-hydrogen) atoms. The standard InChI is InChI=1S/C17H15F2NO/c1-2-16-13(12-5-3-4-6-17(12)21-16)10-20-15-8-7-11(18)9-14(15)19/h3-9,20H,2,10H2,1H3. The summed E-state index contributed by atoms with van der Waals surface area (Å²) in [7, 11) is 0. The lowest BCUT2D eigenvalue weighted by Gasteiger charge is -2.08. The van der Waals surface area contributed by atoms with Gasteiger partial charge in [-0.3, -0.25) is 0 Å². The summed E-state index contributed by atoms with van der Waals surface area (Å²) in [5.41, 5.74) is 2.12. The summed E-state index contributed by atoms with van der Waals surface area (Å²) in [4.78, 5) is 0. The molecular formula is C17H15F2NO. The van der Waals surface area contributed by atoms with E-state index >= 15 is 0 Å². The van der Waals surface area contributed by atoms with Gasteiger partial charge in [0.25, 0.3) is 0 Å². The van der Waals surface area contributed by atoms with Crippen molar-refractivity contribution in [2.45, 2.75) is 19.9 Å². The van der Waals surface area contributed by atoms with E-state index in [2.05, 4.69) is 5.32 Å². The molecule has 0 radical (unpaired) electrons. The molecule has 0 spiro atoms. The van der Waals surface area contributed by atoms with Gasteiger partial charge in [-0.25, -0.2) is 8.78 Å². The molecule has 0 fully saturated rings. The molecule has 2 aromatic carbocycles. The molecule has 0 bridgehead atoms. The van der Waals surface area contributed by atoms with Crippen molar-refractivity contribution in [3.05, 3.63) is 65.4 Å². The fraction of sp³-hybridized carbons (Fsp3) is 0.176. The van der Waals surface area contributed by atoms with Gasteiger partial charge in [0, 0.05) is 30.0 Å². The first kappa shape index (κ1) is 13.6. The van der Waals surface area contributed by atoms with Crippen LogP contribution in [-0.2, 0) is 13.0 Å². The zero-order valence-electron chi connectivity index (χ0n) is 11.6. The molecule has 0 unspecified atom stereocenters. The van der Waals surface area contributed by atoms with Crippen LogP contribution in [0.1, 0.15) is 18.2 Å². The average Bonchev–Trinajstić information content (AvgIpc) is 2.84. The molecular weight excluding hydrogens is 272 g/mol. The van der Waals surface area contributed by atoms with Crippen LogP contribution in [0, 0.1) is 11.6 Å². The Hall–Kier alpha value is -2.36. The van der Waals surface area contributed by atoms with Crippen molar-refractivity contribution in [1.82, 2.24) is 0 Å². The van der Waals surface area contributed by atoms with Gasteiger partial charge in [0.05, 0.1) is 5.69 Å². The van der Waals surface area contributed by atoms with Crippen molar-refractivity contribution >= 4 is 16.7 Å². The Balaban J connectivity index is 1.91. The number of rotatable bonds is 4. The zero-order valence-corrected chi connectivity index (χ0v) is 11.6. The van der Waals surface area contributed by atoms with E-state index in [0.717, 1.165) is 34.8 Å². The van der Waals surface area contributed by atoms with Gasteiger partial charge in [-0.15, -0.1) is 0 Å². The van der Waals surface area contributed by atoms with Crippen LogP contribution in [0.4, 0.5) is 14.5 Å².